The first-order valence-corrected chi connectivity index (χ1v) is 7.16. The topological polar surface area (TPSA) is 26.7 Å². The summed E-state index contributed by atoms with van der Waals surface area (Å²) in [5, 5.41) is 10.7. The van der Waals surface area contributed by atoms with Crippen molar-refractivity contribution in [3.05, 3.63) is 35.9 Å². The van der Waals surface area contributed by atoms with Crippen molar-refractivity contribution >= 4 is 0 Å². The summed E-state index contributed by atoms with van der Waals surface area (Å²) < 4.78 is 0. The number of hydrogen-bond acceptors (Lipinski definition) is 3. The minimum absolute atomic E-state index is 0.611. The molecule has 1 N–H and O–H groups in total. The molecule has 1 saturated heterocycles. The van der Waals surface area contributed by atoms with Gasteiger partial charge in [-0.05, 0) is 46.0 Å². The van der Waals surface area contributed by atoms with Gasteiger partial charge < -0.3 is 10.0 Å². The summed E-state index contributed by atoms with van der Waals surface area (Å²) in [4.78, 5) is 4.69. The molecule has 0 amide bonds. The highest BCUT2D eigenvalue weighted by molar-refractivity contribution is 5.21. The zero-order valence-corrected chi connectivity index (χ0v) is 12.3. The number of likely N-dealkylation sites (N-methyl/N-ethyl adjacent to an activating group) is 1. The van der Waals surface area contributed by atoms with E-state index in [-0.39, 0.29) is 0 Å². The van der Waals surface area contributed by atoms with Gasteiger partial charge in [0, 0.05) is 19.1 Å². The number of likely N-dealkylation sites (tertiary alicyclic amines) is 1. The molecule has 2 unspecified atom stereocenters. The van der Waals surface area contributed by atoms with Crippen LogP contribution in [0.25, 0.3) is 0 Å². The Kier molecular flexibility index (Phi) is 4.61. The average Bonchev–Trinajstić information content (AvgIpc) is 2.39. The van der Waals surface area contributed by atoms with Gasteiger partial charge in [0.1, 0.15) is 0 Å². The lowest BCUT2D eigenvalue weighted by molar-refractivity contribution is -0.000142. The van der Waals surface area contributed by atoms with Crippen molar-refractivity contribution in [3.8, 4) is 0 Å². The Morgan fingerprint density at radius 3 is 2.63 bits per heavy atom. The summed E-state index contributed by atoms with van der Waals surface area (Å²) in [5.41, 5.74) is 0.233. The largest absolute Gasteiger partial charge is 0.384 e. The lowest BCUT2D eigenvalue weighted by Gasteiger charge is -2.39. The normalized spacial score (nSPS) is 24.4. The van der Waals surface area contributed by atoms with E-state index in [1.54, 1.807) is 0 Å². The van der Waals surface area contributed by atoms with E-state index in [1.165, 1.54) is 12.8 Å². The molecule has 1 aromatic carbocycles. The number of rotatable bonds is 4. The summed E-state index contributed by atoms with van der Waals surface area (Å²) in [5.74, 6) is 0. The SMILES string of the molecule is CN(C)C1CCCN(CC(C)(O)c2ccccc2)C1. The fraction of sp³-hybridized carbons (Fsp3) is 0.625. The zero-order chi connectivity index (χ0) is 13.9. The first-order valence-electron chi connectivity index (χ1n) is 7.16. The Balaban J connectivity index is 2.00. The monoisotopic (exact) mass is 262 g/mol. The van der Waals surface area contributed by atoms with Crippen molar-refractivity contribution in [2.45, 2.75) is 31.4 Å². The molecular weight excluding hydrogens is 236 g/mol. The Bertz CT molecular complexity index is 389. The molecule has 0 bridgehead atoms. The summed E-state index contributed by atoms with van der Waals surface area (Å²) in [6.45, 7) is 4.77. The van der Waals surface area contributed by atoms with Crippen LogP contribution in [0.5, 0.6) is 0 Å². The van der Waals surface area contributed by atoms with Gasteiger partial charge in [0.15, 0.2) is 0 Å². The van der Waals surface area contributed by atoms with Crippen LogP contribution in [0.4, 0.5) is 0 Å². The van der Waals surface area contributed by atoms with Gasteiger partial charge in [0.05, 0.1) is 5.60 Å². The third-order valence-electron chi connectivity index (χ3n) is 4.14. The van der Waals surface area contributed by atoms with Gasteiger partial charge in [-0.15, -0.1) is 0 Å². The molecule has 3 nitrogen and oxygen atoms in total. The van der Waals surface area contributed by atoms with E-state index in [0.29, 0.717) is 12.6 Å². The minimum Gasteiger partial charge on any atom is -0.384 e. The lowest BCUT2D eigenvalue weighted by atomic mass is 9.94. The van der Waals surface area contributed by atoms with E-state index in [2.05, 4.69) is 23.9 Å². The predicted molar refractivity (Wildman–Crippen MR) is 79.2 cm³/mol. The molecule has 2 atom stereocenters. The van der Waals surface area contributed by atoms with Crippen LogP contribution in [-0.2, 0) is 5.60 Å². The van der Waals surface area contributed by atoms with Gasteiger partial charge in [-0.1, -0.05) is 30.3 Å². The Morgan fingerprint density at radius 1 is 1.32 bits per heavy atom. The number of β-amino-alcohol motifs (C(OH)–C–C–N with tert-alkyl or cyclic N) is 1. The number of hydrogen-bond donors (Lipinski definition) is 1. The van der Waals surface area contributed by atoms with Gasteiger partial charge in [0.25, 0.3) is 0 Å². The second-order valence-corrected chi connectivity index (χ2v) is 6.13. The summed E-state index contributed by atoms with van der Waals surface area (Å²) in [6.07, 6.45) is 2.48. The molecular formula is C16H26N2O. The second kappa shape index (κ2) is 6.04. The van der Waals surface area contributed by atoms with Crippen LogP contribution in [0.2, 0.25) is 0 Å². The predicted octanol–water partition coefficient (Wildman–Crippen LogP) is 1.92. The van der Waals surface area contributed by atoms with Gasteiger partial charge in [-0.25, -0.2) is 0 Å². The van der Waals surface area contributed by atoms with Gasteiger partial charge in [0.2, 0.25) is 0 Å². The van der Waals surface area contributed by atoms with Gasteiger partial charge in [-0.2, -0.15) is 0 Å². The Morgan fingerprint density at radius 2 is 2.00 bits per heavy atom. The summed E-state index contributed by atoms with van der Waals surface area (Å²) in [7, 11) is 4.28. The third kappa shape index (κ3) is 3.78. The zero-order valence-electron chi connectivity index (χ0n) is 12.3. The number of nitrogens with zero attached hydrogens (tertiary/aromatic N) is 2. The van der Waals surface area contributed by atoms with Crippen molar-refractivity contribution in [1.29, 1.82) is 0 Å². The molecule has 2 rings (SSSR count). The average molecular weight is 262 g/mol. The molecule has 1 aliphatic heterocycles. The van der Waals surface area contributed by atoms with Gasteiger partial charge >= 0.3 is 0 Å². The summed E-state index contributed by atoms with van der Waals surface area (Å²) in [6, 6.07) is 10.6. The molecule has 0 spiro atoms. The number of piperidine rings is 1. The lowest BCUT2D eigenvalue weighted by Crippen LogP contribution is -2.49. The Labute approximate surface area is 116 Å². The van der Waals surface area contributed by atoms with Crippen LogP contribution < -0.4 is 0 Å². The Hall–Kier alpha value is -0.900. The van der Waals surface area contributed by atoms with Crippen LogP contribution in [0.15, 0.2) is 30.3 Å². The molecule has 106 valence electrons. The molecule has 0 aliphatic carbocycles. The van der Waals surface area contributed by atoms with E-state index >= 15 is 0 Å². The van der Waals surface area contributed by atoms with Crippen LogP contribution in [0, 0.1) is 0 Å². The van der Waals surface area contributed by atoms with E-state index < -0.39 is 5.60 Å². The van der Waals surface area contributed by atoms with E-state index in [0.717, 1.165) is 18.7 Å². The van der Waals surface area contributed by atoms with Crippen molar-refractivity contribution in [2.24, 2.45) is 0 Å². The van der Waals surface area contributed by atoms with E-state index in [4.69, 9.17) is 0 Å². The maximum absolute atomic E-state index is 10.7. The highest BCUT2D eigenvalue weighted by Crippen LogP contribution is 2.24. The highest BCUT2D eigenvalue weighted by atomic mass is 16.3. The highest BCUT2D eigenvalue weighted by Gasteiger charge is 2.29. The van der Waals surface area contributed by atoms with Crippen molar-refractivity contribution < 1.29 is 5.11 Å². The van der Waals surface area contributed by atoms with E-state index in [1.807, 2.05) is 37.3 Å². The second-order valence-electron chi connectivity index (χ2n) is 6.13. The quantitative estimate of drug-likeness (QED) is 0.898. The number of aliphatic hydroxyl groups is 1. The summed E-state index contributed by atoms with van der Waals surface area (Å²) >= 11 is 0. The molecule has 1 aromatic rings. The molecule has 1 aliphatic rings. The van der Waals surface area contributed by atoms with Crippen LogP contribution in [0.1, 0.15) is 25.3 Å². The molecule has 0 saturated carbocycles. The standard InChI is InChI=1S/C16H26N2O/c1-16(19,14-8-5-4-6-9-14)13-18-11-7-10-15(12-18)17(2)3/h4-6,8-9,15,19H,7,10-13H2,1-3H3. The van der Waals surface area contributed by atoms with Crippen LogP contribution in [0.3, 0.4) is 0 Å². The fourth-order valence-corrected chi connectivity index (χ4v) is 2.92. The van der Waals surface area contributed by atoms with Crippen molar-refractivity contribution in [1.82, 2.24) is 9.80 Å². The van der Waals surface area contributed by atoms with Crippen molar-refractivity contribution in [3.63, 3.8) is 0 Å². The first kappa shape index (κ1) is 14.5. The molecule has 0 aromatic heterocycles. The molecule has 3 heteroatoms. The van der Waals surface area contributed by atoms with Gasteiger partial charge in [-0.3, -0.25) is 4.90 Å². The van der Waals surface area contributed by atoms with Crippen molar-refractivity contribution in [2.75, 3.05) is 33.7 Å². The number of benzene rings is 1. The minimum atomic E-state index is -0.768. The smallest absolute Gasteiger partial charge is 0.0994 e. The maximum atomic E-state index is 10.7. The first-order chi connectivity index (χ1) is 8.99. The van der Waals surface area contributed by atoms with Crippen LogP contribution in [-0.4, -0.2) is 54.7 Å². The molecule has 1 fully saturated rings. The molecule has 19 heavy (non-hydrogen) atoms. The maximum Gasteiger partial charge on any atom is 0.0994 e. The van der Waals surface area contributed by atoms with Crippen LogP contribution >= 0.6 is 0 Å². The van der Waals surface area contributed by atoms with E-state index in [9.17, 15) is 5.11 Å². The fourth-order valence-electron chi connectivity index (χ4n) is 2.92. The molecule has 1 heterocycles. The third-order valence-corrected chi connectivity index (χ3v) is 4.14. The molecule has 0 radical (unpaired) electrons.